The Balaban J connectivity index is 2.58. The Morgan fingerprint density at radius 1 is 1.58 bits per heavy atom. The molecule has 2 N–H and O–H groups in total. The highest BCUT2D eigenvalue weighted by molar-refractivity contribution is 5.81. The van der Waals surface area contributed by atoms with E-state index in [9.17, 15) is 4.79 Å². The maximum Gasteiger partial charge on any atom is 0.239 e. The molecule has 1 heterocycles. The third-order valence-corrected chi connectivity index (χ3v) is 2.46. The van der Waals surface area contributed by atoms with E-state index in [2.05, 4.69) is 13.8 Å². The maximum atomic E-state index is 11.5. The molecule has 1 fully saturated rings. The molecule has 0 aliphatic carbocycles. The van der Waals surface area contributed by atoms with E-state index >= 15 is 0 Å². The molecule has 0 aromatic rings. The van der Waals surface area contributed by atoms with Crippen molar-refractivity contribution < 1.29 is 4.79 Å². The molecule has 1 amide bonds. The van der Waals surface area contributed by atoms with Gasteiger partial charge in [-0.3, -0.25) is 4.79 Å². The normalized spacial score (nSPS) is 32.2. The quantitative estimate of drug-likeness (QED) is 0.626. The fourth-order valence-electron chi connectivity index (χ4n) is 1.87. The fraction of sp³-hybridized carbons (Fsp3) is 0.889. The van der Waals surface area contributed by atoms with Crippen LogP contribution in [-0.2, 0) is 4.79 Å². The summed E-state index contributed by atoms with van der Waals surface area (Å²) in [6.45, 7) is 6.88. The molecule has 1 rings (SSSR count). The SMILES string of the molecule is CC1CC(C)N(C(=O)C(C)N)C1. The number of amides is 1. The topological polar surface area (TPSA) is 46.3 Å². The Bertz CT molecular complexity index is 179. The third kappa shape index (κ3) is 1.78. The van der Waals surface area contributed by atoms with Crippen LogP contribution in [0, 0.1) is 5.92 Å². The summed E-state index contributed by atoms with van der Waals surface area (Å²) in [6.07, 6.45) is 1.11. The average Bonchev–Trinajstić information content (AvgIpc) is 2.28. The molecule has 70 valence electrons. The molecule has 1 aliphatic heterocycles. The smallest absolute Gasteiger partial charge is 0.239 e. The van der Waals surface area contributed by atoms with Crippen molar-refractivity contribution >= 4 is 5.91 Å². The second-order valence-electron chi connectivity index (χ2n) is 3.97. The van der Waals surface area contributed by atoms with Gasteiger partial charge in [0.05, 0.1) is 6.04 Å². The van der Waals surface area contributed by atoms with Crippen molar-refractivity contribution in [2.75, 3.05) is 6.54 Å². The number of hydrogen-bond acceptors (Lipinski definition) is 2. The summed E-state index contributed by atoms with van der Waals surface area (Å²) in [5, 5.41) is 0. The van der Waals surface area contributed by atoms with Crippen molar-refractivity contribution in [3.05, 3.63) is 0 Å². The highest BCUT2D eigenvalue weighted by atomic mass is 16.2. The molecule has 1 saturated heterocycles. The van der Waals surface area contributed by atoms with Gasteiger partial charge in [0.15, 0.2) is 0 Å². The zero-order valence-electron chi connectivity index (χ0n) is 8.08. The zero-order valence-corrected chi connectivity index (χ0v) is 8.08. The molecule has 0 aromatic carbocycles. The lowest BCUT2D eigenvalue weighted by atomic mass is 10.1. The lowest BCUT2D eigenvalue weighted by Gasteiger charge is -2.23. The third-order valence-electron chi connectivity index (χ3n) is 2.46. The molecule has 0 saturated carbocycles. The van der Waals surface area contributed by atoms with Crippen molar-refractivity contribution in [3.63, 3.8) is 0 Å². The number of nitrogens with zero attached hydrogens (tertiary/aromatic N) is 1. The van der Waals surface area contributed by atoms with E-state index in [4.69, 9.17) is 5.73 Å². The van der Waals surface area contributed by atoms with Crippen LogP contribution in [0.15, 0.2) is 0 Å². The summed E-state index contributed by atoms with van der Waals surface area (Å²) in [5.74, 6) is 0.717. The minimum atomic E-state index is -0.349. The zero-order chi connectivity index (χ0) is 9.30. The summed E-state index contributed by atoms with van der Waals surface area (Å²) in [6, 6.07) is 0.0243. The molecule has 3 nitrogen and oxygen atoms in total. The molecule has 0 aromatic heterocycles. The van der Waals surface area contributed by atoms with Gasteiger partial charge in [0.2, 0.25) is 5.91 Å². The summed E-state index contributed by atoms with van der Waals surface area (Å²) in [7, 11) is 0. The van der Waals surface area contributed by atoms with Crippen LogP contribution in [0.4, 0.5) is 0 Å². The Morgan fingerprint density at radius 2 is 2.17 bits per heavy atom. The highest BCUT2D eigenvalue weighted by Crippen LogP contribution is 2.22. The van der Waals surface area contributed by atoms with Gasteiger partial charge < -0.3 is 10.6 Å². The molecular formula is C9H18N2O. The first-order valence-corrected chi connectivity index (χ1v) is 4.58. The van der Waals surface area contributed by atoms with Crippen molar-refractivity contribution in [2.45, 2.75) is 39.3 Å². The lowest BCUT2D eigenvalue weighted by Crippen LogP contribution is -2.43. The van der Waals surface area contributed by atoms with Gasteiger partial charge in [-0.1, -0.05) is 6.92 Å². The predicted molar refractivity (Wildman–Crippen MR) is 48.6 cm³/mol. The molecule has 3 unspecified atom stereocenters. The van der Waals surface area contributed by atoms with Gasteiger partial charge in [0, 0.05) is 12.6 Å². The van der Waals surface area contributed by atoms with Crippen LogP contribution >= 0.6 is 0 Å². The number of carbonyl (C=O) groups is 1. The van der Waals surface area contributed by atoms with Crippen molar-refractivity contribution in [2.24, 2.45) is 11.7 Å². The van der Waals surface area contributed by atoms with E-state index in [-0.39, 0.29) is 11.9 Å². The van der Waals surface area contributed by atoms with E-state index in [1.807, 2.05) is 4.90 Å². The van der Waals surface area contributed by atoms with Crippen molar-refractivity contribution in [1.82, 2.24) is 4.90 Å². The van der Waals surface area contributed by atoms with E-state index < -0.39 is 0 Å². The largest absolute Gasteiger partial charge is 0.338 e. The molecule has 3 atom stereocenters. The van der Waals surface area contributed by atoms with Crippen LogP contribution in [0.1, 0.15) is 27.2 Å². The van der Waals surface area contributed by atoms with Gasteiger partial charge in [-0.2, -0.15) is 0 Å². The number of nitrogens with two attached hydrogens (primary N) is 1. The Labute approximate surface area is 73.9 Å². The van der Waals surface area contributed by atoms with Gasteiger partial charge in [0.25, 0.3) is 0 Å². The van der Waals surface area contributed by atoms with E-state index in [0.29, 0.717) is 12.0 Å². The summed E-state index contributed by atoms with van der Waals surface area (Å²) >= 11 is 0. The molecule has 0 bridgehead atoms. The number of rotatable bonds is 1. The molecule has 0 radical (unpaired) electrons. The summed E-state index contributed by atoms with van der Waals surface area (Å²) < 4.78 is 0. The van der Waals surface area contributed by atoms with Gasteiger partial charge in [0.1, 0.15) is 0 Å². The maximum absolute atomic E-state index is 11.5. The monoisotopic (exact) mass is 170 g/mol. The van der Waals surface area contributed by atoms with E-state index in [1.54, 1.807) is 6.92 Å². The Morgan fingerprint density at radius 3 is 2.50 bits per heavy atom. The average molecular weight is 170 g/mol. The molecular weight excluding hydrogens is 152 g/mol. The van der Waals surface area contributed by atoms with E-state index in [1.165, 1.54) is 0 Å². The van der Waals surface area contributed by atoms with E-state index in [0.717, 1.165) is 13.0 Å². The number of carbonyl (C=O) groups excluding carboxylic acids is 1. The first-order chi connectivity index (χ1) is 5.52. The summed E-state index contributed by atoms with van der Waals surface area (Å²) in [5.41, 5.74) is 5.53. The van der Waals surface area contributed by atoms with Crippen LogP contribution < -0.4 is 5.73 Å². The van der Waals surface area contributed by atoms with Crippen LogP contribution in [0.3, 0.4) is 0 Å². The minimum absolute atomic E-state index is 0.0897. The first-order valence-electron chi connectivity index (χ1n) is 4.58. The molecule has 0 spiro atoms. The van der Waals surface area contributed by atoms with Gasteiger partial charge in [-0.05, 0) is 26.2 Å². The van der Waals surface area contributed by atoms with Crippen LogP contribution in [-0.4, -0.2) is 29.4 Å². The molecule has 12 heavy (non-hydrogen) atoms. The lowest BCUT2D eigenvalue weighted by molar-refractivity contribution is -0.132. The Hall–Kier alpha value is -0.570. The highest BCUT2D eigenvalue weighted by Gasteiger charge is 2.30. The first kappa shape index (κ1) is 9.52. The van der Waals surface area contributed by atoms with Gasteiger partial charge >= 0.3 is 0 Å². The second kappa shape index (κ2) is 3.44. The number of likely N-dealkylation sites (tertiary alicyclic amines) is 1. The van der Waals surface area contributed by atoms with Crippen molar-refractivity contribution in [1.29, 1.82) is 0 Å². The minimum Gasteiger partial charge on any atom is -0.338 e. The van der Waals surface area contributed by atoms with Crippen LogP contribution in [0.25, 0.3) is 0 Å². The predicted octanol–water partition coefficient (Wildman–Crippen LogP) is 0.591. The van der Waals surface area contributed by atoms with Crippen LogP contribution in [0.2, 0.25) is 0 Å². The van der Waals surface area contributed by atoms with Crippen LogP contribution in [0.5, 0.6) is 0 Å². The molecule has 3 heteroatoms. The second-order valence-corrected chi connectivity index (χ2v) is 3.97. The van der Waals surface area contributed by atoms with Gasteiger partial charge in [-0.15, -0.1) is 0 Å². The molecule has 1 aliphatic rings. The van der Waals surface area contributed by atoms with Gasteiger partial charge in [-0.25, -0.2) is 0 Å². The Kier molecular flexibility index (Phi) is 2.73. The fourth-order valence-corrected chi connectivity index (χ4v) is 1.87. The summed E-state index contributed by atoms with van der Waals surface area (Å²) in [4.78, 5) is 13.4. The van der Waals surface area contributed by atoms with Crippen molar-refractivity contribution in [3.8, 4) is 0 Å². The standard InChI is InChI=1S/C9H18N2O/c1-6-4-7(2)11(5-6)9(12)8(3)10/h6-8H,4-5,10H2,1-3H3. The number of hydrogen-bond donors (Lipinski definition) is 1.